The van der Waals surface area contributed by atoms with E-state index in [0.717, 1.165) is 4.31 Å². The molecule has 2 rings (SSSR count). The van der Waals surface area contributed by atoms with Crippen LogP contribution in [0.1, 0.15) is 16.8 Å². The maximum absolute atomic E-state index is 13.7. The molecule has 0 aromatic heterocycles. The molecule has 1 aromatic carbocycles. The highest BCUT2D eigenvalue weighted by atomic mass is 32.2. The van der Waals surface area contributed by atoms with Crippen LogP contribution in [0.5, 0.6) is 0 Å². The van der Waals surface area contributed by atoms with Crippen LogP contribution in [0.4, 0.5) is 8.78 Å². The first kappa shape index (κ1) is 14.8. The Morgan fingerprint density at radius 3 is 2.50 bits per heavy atom. The fraction of sp³-hybridized carbons (Fsp3) is 0.364. The fourth-order valence-corrected chi connectivity index (χ4v) is 3.54. The quantitative estimate of drug-likeness (QED) is 0.844. The lowest BCUT2D eigenvalue weighted by Gasteiger charge is -2.16. The van der Waals surface area contributed by atoms with Crippen molar-refractivity contribution in [3.05, 3.63) is 29.3 Å². The molecule has 1 atom stereocenters. The van der Waals surface area contributed by atoms with E-state index in [9.17, 15) is 27.1 Å². The van der Waals surface area contributed by atoms with Crippen molar-refractivity contribution in [2.75, 3.05) is 13.1 Å². The Kier molecular flexibility index (Phi) is 3.76. The van der Waals surface area contributed by atoms with Crippen LogP contribution in [-0.4, -0.2) is 48.1 Å². The number of rotatable bonds is 3. The predicted octanol–water partition coefficient (Wildman–Crippen LogP) is 0.418. The molecule has 6 nitrogen and oxygen atoms in total. The number of aliphatic hydroxyl groups excluding tert-OH is 1. The first-order chi connectivity index (χ1) is 9.23. The average molecular weight is 307 g/mol. The molecule has 0 saturated carbocycles. The lowest BCUT2D eigenvalue weighted by molar-refractivity contribution is 0.0696. The number of hydrogen-bond donors (Lipinski definition) is 2. The Morgan fingerprint density at radius 1 is 1.35 bits per heavy atom. The third-order valence-electron chi connectivity index (χ3n) is 2.99. The lowest BCUT2D eigenvalue weighted by Crippen LogP contribution is -2.30. The molecule has 110 valence electrons. The van der Waals surface area contributed by atoms with E-state index in [2.05, 4.69) is 0 Å². The number of aliphatic hydroxyl groups is 1. The number of carbonyl (C=O) groups is 1. The van der Waals surface area contributed by atoms with Gasteiger partial charge in [0.15, 0.2) is 11.6 Å². The van der Waals surface area contributed by atoms with Gasteiger partial charge in [0.2, 0.25) is 10.0 Å². The highest BCUT2D eigenvalue weighted by Crippen LogP contribution is 2.26. The van der Waals surface area contributed by atoms with Crippen molar-refractivity contribution in [1.82, 2.24) is 4.31 Å². The van der Waals surface area contributed by atoms with Gasteiger partial charge < -0.3 is 10.2 Å². The maximum Gasteiger partial charge on any atom is 0.335 e. The summed E-state index contributed by atoms with van der Waals surface area (Å²) in [5.74, 6) is -4.75. The second kappa shape index (κ2) is 5.08. The Morgan fingerprint density at radius 2 is 2.00 bits per heavy atom. The van der Waals surface area contributed by atoms with Gasteiger partial charge in [0.1, 0.15) is 4.90 Å². The highest BCUT2D eigenvalue weighted by molar-refractivity contribution is 7.89. The van der Waals surface area contributed by atoms with Gasteiger partial charge in [-0.1, -0.05) is 0 Å². The zero-order valence-electron chi connectivity index (χ0n) is 10.1. The standard InChI is InChI=1S/C11H11F2NO5S/c12-8-3-6(11(16)17)4-9(10(8)13)20(18,19)14-2-1-7(15)5-14/h3-4,7,15H,1-2,5H2,(H,16,17). The van der Waals surface area contributed by atoms with E-state index >= 15 is 0 Å². The van der Waals surface area contributed by atoms with E-state index < -0.39 is 44.2 Å². The summed E-state index contributed by atoms with van der Waals surface area (Å²) in [4.78, 5) is 9.74. The van der Waals surface area contributed by atoms with E-state index in [4.69, 9.17) is 5.11 Å². The summed E-state index contributed by atoms with van der Waals surface area (Å²) in [5, 5.41) is 18.1. The Balaban J connectivity index is 2.54. The molecule has 0 aliphatic carbocycles. The number of aromatic carboxylic acids is 1. The number of carboxylic acid groups (broad SMARTS) is 1. The van der Waals surface area contributed by atoms with Gasteiger partial charge in [0, 0.05) is 13.1 Å². The van der Waals surface area contributed by atoms with Crippen LogP contribution in [0.2, 0.25) is 0 Å². The SMILES string of the molecule is O=C(O)c1cc(F)c(F)c(S(=O)(=O)N2CCC(O)C2)c1. The van der Waals surface area contributed by atoms with Crippen molar-refractivity contribution in [1.29, 1.82) is 0 Å². The number of halogens is 2. The Bertz CT molecular complexity index is 661. The van der Waals surface area contributed by atoms with Crippen LogP contribution < -0.4 is 0 Å². The van der Waals surface area contributed by atoms with E-state index in [1.54, 1.807) is 0 Å². The number of hydrogen-bond acceptors (Lipinski definition) is 4. The summed E-state index contributed by atoms with van der Waals surface area (Å²) in [7, 11) is -4.39. The van der Waals surface area contributed by atoms with Crippen molar-refractivity contribution in [3.8, 4) is 0 Å². The minimum Gasteiger partial charge on any atom is -0.478 e. The van der Waals surface area contributed by atoms with Crippen LogP contribution in [0.3, 0.4) is 0 Å². The van der Waals surface area contributed by atoms with Gasteiger partial charge in [-0.2, -0.15) is 4.31 Å². The monoisotopic (exact) mass is 307 g/mol. The Hall–Kier alpha value is -1.58. The molecule has 1 aromatic rings. The first-order valence-electron chi connectivity index (χ1n) is 5.64. The molecule has 0 radical (unpaired) electrons. The average Bonchev–Trinajstić information content (AvgIpc) is 2.79. The molecule has 0 bridgehead atoms. The second-order valence-corrected chi connectivity index (χ2v) is 6.29. The molecule has 9 heteroatoms. The third-order valence-corrected chi connectivity index (χ3v) is 4.85. The zero-order valence-corrected chi connectivity index (χ0v) is 10.9. The van der Waals surface area contributed by atoms with Crippen molar-refractivity contribution in [2.45, 2.75) is 17.4 Å². The minimum atomic E-state index is -4.39. The maximum atomic E-state index is 13.7. The normalized spacial score (nSPS) is 20.2. The Labute approximate surface area is 113 Å². The first-order valence-corrected chi connectivity index (χ1v) is 7.08. The van der Waals surface area contributed by atoms with E-state index in [-0.39, 0.29) is 19.5 Å². The van der Waals surface area contributed by atoms with Crippen LogP contribution in [0.25, 0.3) is 0 Å². The summed E-state index contributed by atoms with van der Waals surface area (Å²) < 4.78 is 52.1. The summed E-state index contributed by atoms with van der Waals surface area (Å²) >= 11 is 0. The molecule has 0 spiro atoms. The van der Waals surface area contributed by atoms with Crippen LogP contribution in [-0.2, 0) is 10.0 Å². The van der Waals surface area contributed by atoms with Crippen molar-refractivity contribution >= 4 is 16.0 Å². The lowest BCUT2D eigenvalue weighted by atomic mass is 10.2. The minimum absolute atomic E-state index is 0.0398. The van der Waals surface area contributed by atoms with Crippen molar-refractivity contribution in [3.63, 3.8) is 0 Å². The predicted molar refractivity (Wildman–Crippen MR) is 62.7 cm³/mol. The largest absolute Gasteiger partial charge is 0.478 e. The van der Waals surface area contributed by atoms with Gasteiger partial charge in [-0.25, -0.2) is 22.0 Å². The van der Waals surface area contributed by atoms with Gasteiger partial charge in [0.05, 0.1) is 11.7 Å². The number of benzene rings is 1. The summed E-state index contributed by atoms with van der Waals surface area (Å²) in [5.41, 5.74) is -0.665. The summed E-state index contributed by atoms with van der Waals surface area (Å²) in [6, 6.07) is 0.982. The summed E-state index contributed by atoms with van der Waals surface area (Å²) in [6.07, 6.45) is -0.692. The van der Waals surface area contributed by atoms with Crippen molar-refractivity contribution < 1.29 is 32.2 Å². The molecule has 20 heavy (non-hydrogen) atoms. The molecule has 1 heterocycles. The smallest absolute Gasteiger partial charge is 0.335 e. The molecule has 2 N–H and O–H groups in total. The molecule has 1 unspecified atom stereocenters. The van der Waals surface area contributed by atoms with Gasteiger partial charge >= 0.3 is 5.97 Å². The number of β-amino-alcohol motifs (C(OH)–C–C–N with tert-alkyl or cyclic N) is 1. The van der Waals surface area contributed by atoms with E-state index in [0.29, 0.717) is 12.1 Å². The number of carboxylic acids is 1. The molecule has 1 saturated heterocycles. The molecule has 0 amide bonds. The van der Waals surface area contributed by atoms with Gasteiger partial charge in [-0.05, 0) is 18.6 Å². The van der Waals surface area contributed by atoms with Crippen molar-refractivity contribution in [2.24, 2.45) is 0 Å². The molecule has 1 aliphatic rings. The number of nitrogens with zero attached hydrogens (tertiary/aromatic N) is 1. The second-order valence-electron chi connectivity index (χ2n) is 4.38. The molecule has 1 aliphatic heterocycles. The molecular formula is C11H11F2NO5S. The van der Waals surface area contributed by atoms with Gasteiger partial charge in [-0.15, -0.1) is 0 Å². The van der Waals surface area contributed by atoms with Crippen LogP contribution in [0, 0.1) is 11.6 Å². The van der Waals surface area contributed by atoms with Gasteiger partial charge in [-0.3, -0.25) is 0 Å². The van der Waals surface area contributed by atoms with Crippen LogP contribution >= 0.6 is 0 Å². The van der Waals surface area contributed by atoms with E-state index in [1.807, 2.05) is 0 Å². The fourth-order valence-electron chi connectivity index (χ4n) is 1.94. The van der Waals surface area contributed by atoms with Crippen LogP contribution in [0.15, 0.2) is 17.0 Å². The number of sulfonamides is 1. The highest BCUT2D eigenvalue weighted by Gasteiger charge is 2.35. The molecule has 1 fully saturated rings. The zero-order chi connectivity index (χ0) is 15.1. The van der Waals surface area contributed by atoms with Gasteiger partial charge in [0.25, 0.3) is 0 Å². The van der Waals surface area contributed by atoms with E-state index in [1.165, 1.54) is 0 Å². The third kappa shape index (κ3) is 2.51. The topological polar surface area (TPSA) is 94.9 Å². The molecular weight excluding hydrogens is 296 g/mol. The summed E-state index contributed by atoms with van der Waals surface area (Å²) in [6.45, 7) is -0.275.